The molecule has 1 spiro atoms. The Kier molecular flexibility index (Phi) is 7.64. The SMILES string of the molecule is CCCCCNC(=O)C1N([C@H](CO)c2ccccc2)C(=O)[C@@H]2[C@@H](C(=O)OCC)[C@@H]3OC12CC3Br. The van der Waals surface area contributed by atoms with Crippen LogP contribution in [0.25, 0.3) is 0 Å². The number of nitrogens with zero attached hydrogens (tertiary/aromatic N) is 1. The third-order valence-electron chi connectivity index (χ3n) is 7.31. The van der Waals surface area contributed by atoms with Gasteiger partial charge in [0.1, 0.15) is 11.6 Å². The van der Waals surface area contributed by atoms with E-state index in [2.05, 4.69) is 28.2 Å². The largest absolute Gasteiger partial charge is 0.466 e. The van der Waals surface area contributed by atoms with E-state index >= 15 is 0 Å². The zero-order valence-electron chi connectivity index (χ0n) is 19.6. The van der Waals surface area contributed by atoms with Crippen LogP contribution in [0.2, 0.25) is 0 Å². The molecule has 9 heteroatoms. The lowest BCUT2D eigenvalue weighted by Gasteiger charge is -2.37. The molecule has 186 valence electrons. The summed E-state index contributed by atoms with van der Waals surface area (Å²) in [4.78, 5) is 41.9. The van der Waals surface area contributed by atoms with Crippen molar-refractivity contribution in [2.75, 3.05) is 19.8 Å². The number of esters is 1. The monoisotopic (exact) mass is 536 g/mol. The zero-order chi connectivity index (χ0) is 24.5. The summed E-state index contributed by atoms with van der Waals surface area (Å²) in [6, 6.07) is 7.46. The second-order valence-electron chi connectivity index (χ2n) is 9.27. The minimum atomic E-state index is -1.16. The number of unbranched alkanes of at least 4 members (excludes halogenated alkanes) is 2. The molecule has 8 nitrogen and oxygen atoms in total. The summed E-state index contributed by atoms with van der Waals surface area (Å²) in [5.41, 5.74) is -0.444. The van der Waals surface area contributed by atoms with Gasteiger partial charge in [0, 0.05) is 11.4 Å². The molecule has 1 aromatic rings. The van der Waals surface area contributed by atoms with Crippen molar-refractivity contribution in [1.82, 2.24) is 10.2 Å². The van der Waals surface area contributed by atoms with Crippen LogP contribution < -0.4 is 5.32 Å². The molecule has 0 radical (unpaired) electrons. The summed E-state index contributed by atoms with van der Waals surface area (Å²) >= 11 is 3.63. The maximum atomic E-state index is 14.0. The molecule has 2 amide bonds. The Labute approximate surface area is 208 Å². The number of aliphatic hydroxyl groups excluding tert-OH is 1. The summed E-state index contributed by atoms with van der Waals surface area (Å²) in [6.45, 7) is 4.13. The molecule has 3 saturated heterocycles. The Balaban J connectivity index is 1.75. The van der Waals surface area contributed by atoms with Crippen molar-refractivity contribution < 1.29 is 29.0 Å². The maximum absolute atomic E-state index is 14.0. The molecular weight excluding hydrogens is 504 g/mol. The summed E-state index contributed by atoms with van der Waals surface area (Å²) < 4.78 is 11.7. The quantitative estimate of drug-likeness (QED) is 0.270. The van der Waals surface area contributed by atoms with Crippen LogP contribution in [0.5, 0.6) is 0 Å². The van der Waals surface area contributed by atoms with Gasteiger partial charge in [0.25, 0.3) is 0 Å². The van der Waals surface area contributed by atoms with Crippen molar-refractivity contribution in [2.24, 2.45) is 11.8 Å². The molecule has 7 atom stereocenters. The predicted molar refractivity (Wildman–Crippen MR) is 128 cm³/mol. The molecule has 3 aliphatic heterocycles. The van der Waals surface area contributed by atoms with E-state index in [9.17, 15) is 19.5 Å². The number of amides is 2. The van der Waals surface area contributed by atoms with E-state index in [1.54, 1.807) is 6.92 Å². The van der Waals surface area contributed by atoms with E-state index in [-0.39, 0.29) is 29.9 Å². The molecule has 34 heavy (non-hydrogen) atoms. The van der Waals surface area contributed by atoms with Crippen LogP contribution in [0.15, 0.2) is 30.3 Å². The van der Waals surface area contributed by atoms with Gasteiger partial charge in [0.15, 0.2) is 0 Å². The number of fused-ring (bicyclic) bond motifs is 1. The molecule has 1 aromatic carbocycles. The number of likely N-dealkylation sites (tertiary alicyclic amines) is 1. The number of ether oxygens (including phenoxy) is 2. The van der Waals surface area contributed by atoms with Crippen molar-refractivity contribution in [3.05, 3.63) is 35.9 Å². The third-order valence-corrected chi connectivity index (χ3v) is 8.15. The second-order valence-corrected chi connectivity index (χ2v) is 10.4. The molecule has 3 heterocycles. The maximum Gasteiger partial charge on any atom is 0.312 e. The zero-order valence-corrected chi connectivity index (χ0v) is 21.2. The molecule has 0 aromatic heterocycles. The molecule has 3 aliphatic rings. The second kappa shape index (κ2) is 10.3. The first-order valence-electron chi connectivity index (χ1n) is 12.1. The van der Waals surface area contributed by atoms with Crippen LogP contribution >= 0.6 is 15.9 Å². The van der Waals surface area contributed by atoms with Crippen molar-refractivity contribution in [3.63, 3.8) is 0 Å². The van der Waals surface area contributed by atoms with Crippen LogP contribution in [0.3, 0.4) is 0 Å². The van der Waals surface area contributed by atoms with Crippen molar-refractivity contribution in [1.29, 1.82) is 0 Å². The molecule has 3 fully saturated rings. The number of hydrogen-bond acceptors (Lipinski definition) is 6. The van der Waals surface area contributed by atoms with Gasteiger partial charge in [0.2, 0.25) is 11.8 Å². The number of nitrogens with one attached hydrogen (secondary N) is 1. The average Bonchev–Trinajstić information content (AvgIpc) is 3.42. The highest BCUT2D eigenvalue weighted by atomic mass is 79.9. The molecule has 0 aliphatic carbocycles. The molecule has 2 N–H and O–H groups in total. The van der Waals surface area contributed by atoms with Crippen LogP contribution in [0.4, 0.5) is 0 Å². The van der Waals surface area contributed by atoms with Crippen LogP contribution in [-0.2, 0) is 23.9 Å². The Morgan fingerprint density at radius 2 is 2.03 bits per heavy atom. The number of aliphatic hydroxyl groups is 1. The van der Waals surface area contributed by atoms with Gasteiger partial charge in [0.05, 0.1) is 37.2 Å². The van der Waals surface area contributed by atoms with E-state index < -0.39 is 41.6 Å². The summed E-state index contributed by atoms with van der Waals surface area (Å²) in [6.07, 6.45) is 2.71. The van der Waals surface area contributed by atoms with Crippen molar-refractivity contribution >= 4 is 33.7 Å². The smallest absolute Gasteiger partial charge is 0.312 e. The van der Waals surface area contributed by atoms with Gasteiger partial charge in [-0.3, -0.25) is 14.4 Å². The highest BCUT2D eigenvalue weighted by Gasteiger charge is 2.77. The number of benzene rings is 1. The summed E-state index contributed by atoms with van der Waals surface area (Å²) in [7, 11) is 0. The van der Waals surface area contributed by atoms with Gasteiger partial charge in [-0.15, -0.1) is 0 Å². The first kappa shape index (κ1) is 25.1. The van der Waals surface area contributed by atoms with Crippen LogP contribution in [0, 0.1) is 11.8 Å². The Morgan fingerprint density at radius 3 is 2.68 bits per heavy atom. The van der Waals surface area contributed by atoms with Gasteiger partial charge in [-0.2, -0.15) is 0 Å². The Hall–Kier alpha value is -1.97. The fourth-order valence-corrected chi connectivity index (χ4v) is 6.87. The van der Waals surface area contributed by atoms with Crippen LogP contribution in [0.1, 0.15) is 51.1 Å². The van der Waals surface area contributed by atoms with Gasteiger partial charge < -0.3 is 24.8 Å². The third kappa shape index (κ3) is 4.05. The Morgan fingerprint density at radius 1 is 1.29 bits per heavy atom. The number of halogens is 1. The number of hydrogen-bond donors (Lipinski definition) is 2. The topological polar surface area (TPSA) is 105 Å². The molecule has 3 unspecified atom stereocenters. The number of rotatable bonds is 10. The van der Waals surface area contributed by atoms with Gasteiger partial charge >= 0.3 is 5.97 Å². The summed E-state index contributed by atoms with van der Waals surface area (Å²) in [5, 5.41) is 13.4. The highest BCUT2D eigenvalue weighted by Crippen LogP contribution is 2.61. The van der Waals surface area contributed by atoms with Crippen LogP contribution in [-0.4, -0.2) is 70.1 Å². The lowest BCUT2D eigenvalue weighted by atomic mass is 9.70. The van der Waals surface area contributed by atoms with Gasteiger partial charge in [-0.1, -0.05) is 66.0 Å². The molecule has 0 saturated carbocycles. The van der Waals surface area contributed by atoms with Crippen molar-refractivity contribution in [2.45, 2.75) is 68.1 Å². The number of alkyl halides is 1. The lowest BCUT2D eigenvalue weighted by molar-refractivity contribution is -0.155. The molecule has 2 bridgehead atoms. The minimum absolute atomic E-state index is 0.189. The minimum Gasteiger partial charge on any atom is -0.466 e. The van der Waals surface area contributed by atoms with E-state index in [1.165, 1.54) is 4.90 Å². The lowest BCUT2D eigenvalue weighted by Crippen LogP contribution is -2.56. The number of carbonyl (C=O) groups excluding carboxylic acids is 3. The fourth-order valence-electron chi connectivity index (χ4n) is 5.92. The van der Waals surface area contributed by atoms with Gasteiger partial charge in [-0.05, 0) is 25.3 Å². The summed E-state index contributed by atoms with van der Waals surface area (Å²) in [5.74, 6) is -2.79. The fraction of sp³-hybridized carbons (Fsp3) is 0.640. The standard InChI is InChI=1S/C25H33BrN2O6/c1-3-5-9-12-27-22(30)21-25-13-16(26)20(34-25)18(24(32)33-4-2)19(25)23(31)28(21)17(14-29)15-10-7-6-8-11-15/h6-8,10-11,16-21,29H,3-5,9,12-14H2,1-2H3,(H,27,30)/t16?,17-,18-,19+,20-,21?,25?/m1/s1. The number of carbonyl (C=O) groups is 3. The molecular formula is C25H33BrN2O6. The average molecular weight is 537 g/mol. The predicted octanol–water partition coefficient (Wildman–Crippen LogP) is 2.34. The highest BCUT2D eigenvalue weighted by molar-refractivity contribution is 9.09. The van der Waals surface area contributed by atoms with E-state index in [1.807, 2.05) is 30.3 Å². The molecule has 4 rings (SSSR count). The van der Waals surface area contributed by atoms with E-state index in [0.717, 1.165) is 24.8 Å². The van der Waals surface area contributed by atoms with E-state index in [4.69, 9.17) is 9.47 Å². The van der Waals surface area contributed by atoms with Crippen molar-refractivity contribution in [3.8, 4) is 0 Å². The van der Waals surface area contributed by atoms with Gasteiger partial charge in [-0.25, -0.2) is 0 Å². The Bertz CT molecular complexity index is 914. The first-order valence-corrected chi connectivity index (χ1v) is 13.1. The van der Waals surface area contributed by atoms with E-state index in [0.29, 0.717) is 13.0 Å². The normalized spacial score (nSPS) is 32.5. The first-order chi connectivity index (χ1) is 16.4.